The van der Waals surface area contributed by atoms with Crippen LogP contribution < -0.4 is 4.90 Å². The van der Waals surface area contributed by atoms with Gasteiger partial charge in [-0.05, 0) is 13.8 Å². The molecule has 0 saturated carbocycles. The van der Waals surface area contributed by atoms with Crippen molar-refractivity contribution in [1.82, 2.24) is 10.2 Å². The van der Waals surface area contributed by atoms with Gasteiger partial charge in [0.05, 0.1) is 12.1 Å². The highest BCUT2D eigenvalue weighted by atomic mass is 35.5. The largest absolute Gasteiger partial charge is 0.481 e. The Morgan fingerprint density at radius 2 is 2.12 bits per heavy atom. The van der Waals surface area contributed by atoms with Gasteiger partial charge in [-0.3, -0.25) is 4.79 Å². The lowest BCUT2D eigenvalue weighted by Crippen LogP contribution is -2.33. The van der Waals surface area contributed by atoms with E-state index >= 15 is 0 Å². The van der Waals surface area contributed by atoms with Gasteiger partial charge in [0.1, 0.15) is 0 Å². The Balaban J connectivity index is 2.96. The number of rotatable bonds is 5. The monoisotopic (exact) mass is 277 g/mol. The third-order valence-electron chi connectivity index (χ3n) is 2.20. The second-order valence-corrected chi connectivity index (χ2v) is 4.52. The molecule has 1 heterocycles. The van der Waals surface area contributed by atoms with Gasteiger partial charge < -0.3 is 10.0 Å². The van der Waals surface area contributed by atoms with Crippen LogP contribution in [0.3, 0.4) is 0 Å². The molecule has 1 N–H and O–H groups in total. The molecule has 0 aliphatic heterocycles. The van der Waals surface area contributed by atoms with Crippen molar-refractivity contribution < 1.29 is 9.90 Å². The SMILES string of the molecule is CC(C)N(CCC(=O)O)c1cc(Cl)nnc1Cl. The standard InChI is InChI=1S/C10H13Cl2N3O2/c1-6(2)15(4-3-9(16)17)7-5-8(11)13-14-10(7)12/h5-6H,3-4H2,1-2H3,(H,16,17). The van der Waals surface area contributed by atoms with Crippen molar-refractivity contribution in [3.63, 3.8) is 0 Å². The highest BCUT2D eigenvalue weighted by Gasteiger charge is 2.16. The quantitative estimate of drug-likeness (QED) is 0.896. The number of anilines is 1. The smallest absolute Gasteiger partial charge is 0.305 e. The summed E-state index contributed by atoms with van der Waals surface area (Å²) >= 11 is 11.7. The molecule has 0 fully saturated rings. The number of carboxylic acid groups (broad SMARTS) is 1. The maximum Gasteiger partial charge on any atom is 0.305 e. The van der Waals surface area contributed by atoms with Crippen molar-refractivity contribution >= 4 is 34.9 Å². The summed E-state index contributed by atoms with van der Waals surface area (Å²) in [5.41, 5.74) is 0.600. The summed E-state index contributed by atoms with van der Waals surface area (Å²) in [4.78, 5) is 12.4. The number of nitrogens with zero attached hydrogens (tertiary/aromatic N) is 3. The number of aromatic nitrogens is 2. The number of carbonyl (C=O) groups is 1. The lowest BCUT2D eigenvalue weighted by molar-refractivity contribution is -0.136. The fourth-order valence-electron chi connectivity index (χ4n) is 1.42. The van der Waals surface area contributed by atoms with E-state index in [2.05, 4.69) is 10.2 Å². The van der Waals surface area contributed by atoms with Crippen LogP contribution in [0.1, 0.15) is 20.3 Å². The van der Waals surface area contributed by atoms with Gasteiger partial charge in [-0.2, -0.15) is 0 Å². The predicted molar refractivity (Wildman–Crippen MR) is 66.8 cm³/mol. The lowest BCUT2D eigenvalue weighted by atomic mass is 10.2. The molecular formula is C10H13Cl2N3O2. The summed E-state index contributed by atoms with van der Waals surface area (Å²) in [6.07, 6.45) is 0.0223. The molecule has 17 heavy (non-hydrogen) atoms. The Hall–Kier alpha value is -1.07. The highest BCUT2D eigenvalue weighted by molar-refractivity contribution is 6.33. The first-order valence-electron chi connectivity index (χ1n) is 5.09. The average molecular weight is 278 g/mol. The van der Waals surface area contributed by atoms with Crippen molar-refractivity contribution in [1.29, 1.82) is 0 Å². The molecule has 0 spiro atoms. The Kier molecular flexibility index (Phi) is 4.96. The van der Waals surface area contributed by atoms with E-state index in [9.17, 15) is 4.79 Å². The van der Waals surface area contributed by atoms with Crippen LogP contribution in [0.25, 0.3) is 0 Å². The average Bonchev–Trinajstić information content (AvgIpc) is 2.22. The van der Waals surface area contributed by atoms with Crippen molar-refractivity contribution in [3.8, 4) is 0 Å². The summed E-state index contributed by atoms with van der Waals surface area (Å²) in [7, 11) is 0. The summed E-state index contributed by atoms with van der Waals surface area (Å²) in [5, 5.41) is 16.5. The molecule has 0 aromatic carbocycles. The highest BCUT2D eigenvalue weighted by Crippen LogP contribution is 2.27. The van der Waals surface area contributed by atoms with Crippen molar-refractivity contribution in [2.75, 3.05) is 11.4 Å². The number of halogens is 2. The van der Waals surface area contributed by atoms with Crippen molar-refractivity contribution in [2.45, 2.75) is 26.3 Å². The zero-order valence-corrected chi connectivity index (χ0v) is 11.0. The van der Waals surface area contributed by atoms with Gasteiger partial charge in [-0.1, -0.05) is 23.2 Å². The molecule has 0 saturated heterocycles. The molecule has 7 heteroatoms. The number of hydrogen-bond acceptors (Lipinski definition) is 4. The third kappa shape index (κ3) is 4.02. The van der Waals surface area contributed by atoms with Gasteiger partial charge in [-0.25, -0.2) is 0 Å². The molecule has 5 nitrogen and oxygen atoms in total. The molecule has 1 aromatic rings. The summed E-state index contributed by atoms with van der Waals surface area (Å²) < 4.78 is 0. The number of hydrogen-bond donors (Lipinski definition) is 1. The zero-order valence-electron chi connectivity index (χ0n) is 9.52. The summed E-state index contributed by atoms with van der Waals surface area (Å²) in [6.45, 7) is 4.22. The predicted octanol–water partition coefficient (Wildman–Crippen LogP) is 2.47. The molecule has 0 atom stereocenters. The van der Waals surface area contributed by atoms with E-state index in [-0.39, 0.29) is 22.8 Å². The molecule has 0 bridgehead atoms. The van der Waals surface area contributed by atoms with Gasteiger partial charge in [-0.15, -0.1) is 10.2 Å². The second-order valence-electron chi connectivity index (χ2n) is 3.77. The number of carboxylic acids is 1. The van der Waals surface area contributed by atoms with Crippen LogP contribution in [-0.4, -0.2) is 33.9 Å². The van der Waals surface area contributed by atoms with E-state index in [4.69, 9.17) is 28.3 Å². The van der Waals surface area contributed by atoms with E-state index in [1.165, 1.54) is 0 Å². The van der Waals surface area contributed by atoms with Crippen LogP contribution in [0, 0.1) is 0 Å². The van der Waals surface area contributed by atoms with Crippen molar-refractivity contribution in [2.24, 2.45) is 0 Å². The summed E-state index contributed by atoms with van der Waals surface area (Å²) in [5.74, 6) is -0.861. The molecule has 0 aliphatic carbocycles. The van der Waals surface area contributed by atoms with E-state index in [0.29, 0.717) is 12.2 Å². The van der Waals surface area contributed by atoms with Gasteiger partial charge in [0, 0.05) is 18.7 Å². The topological polar surface area (TPSA) is 66.3 Å². The first-order valence-corrected chi connectivity index (χ1v) is 5.84. The van der Waals surface area contributed by atoms with Crippen LogP contribution in [0.4, 0.5) is 5.69 Å². The zero-order chi connectivity index (χ0) is 13.0. The minimum absolute atomic E-state index is 0.0223. The molecule has 94 valence electrons. The maximum atomic E-state index is 10.6. The Bertz CT molecular complexity index is 413. The Labute approximate surface area is 109 Å². The van der Waals surface area contributed by atoms with Crippen LogP contribution in [0.2, 0.25) is 10.3 Å². The normalized spacial score (nSPS) is 10.6. The van der Waals surface area contributed by atoms with E-state index in [1.807, 2.05) is 18.7 Å². The molecule has 1 aromatic heterocycles. The van der Waals surface area contributed by atoms with Crippen LogP contribution >= 0.6 is 23.2 Å². The Morgan fingerprint density at radius 3 is 2.65 bits per heavy atom. The minimum atomic E-state index is -0.861. The molecule has 1 rings (SSSR count). The van der Waals surface area contributed by atoms with Crippen molar-refractivity contribution in [3.05, 3.63) is 16.4 Å². The van der Waals surface area contributed by atoms with E-state index in [0.717, 1.165) is 0 Å². The summed E-state index contributed by atoms with van der Waals surface area (Å²) in [6, 6.07) is 1.67. The first-order chi connectivity index (χ1) is 7.91. The molecule has 0 amide bonds. The van der Waals surface area contributed by atoms with Crippen LogP contribution in [0.5, 0.6) is 0 Å². The van der Waals surface area contributed by atoms with Crippen LogP contribution in [-0.2, 0) is 4.79 Å². The lowest BCUT2D eigenvalue weighted by Gasteiger charge is -2.28. The Morgan fingerprint density at radius 1 is 1.47 bits per heavy atom. The molecule has 0 unspecified atom stereocenters. The fourth-order valence-corrected chi connectivity index (χ4v) is 1.76. The van der Waals surface area contributed by atoms with Gasteiger partial charge in [0.25, 0.3) is 0 Å². The van der Waals surface area contributed by atoms with Gasteiger partial charge in [0.15, 0.2) is 10.3 Å². The molecular weight excluding hydrogens is 265 g/mol. The maximum absolute atomic E-state index is 10.6. The number of aliphatic carboxylic acids is 1. The van der Waals surface area contributed by atoms with E-state index < -0.39 is 5.97 Å². The van der Waals surface area contributed by atoms with Gasteiger partial charge in [0.2, 0.25) is 0 Å². The third-order valence-corrected chi connectivity index (χ3v) is 2.65. The minimum Gasteiger partial charge on any atom is -0.481 e. The molecule has 0 radical (unpaired) electrons. The van der Waals surface area contributed by atoms with Gasteiger partial charge >= 0.3 is 5.97 Å². The second kappa shape index (κ2) is 6.02. The first kappa shape index (κ1) is 14.0. The van der Waals surface area contributed by atoms with E-state index in [1.54, 1.807) is 6.07 Å². The fraction of sp³-hybridized carbons (Fsp3) is 0.500. The molecule has 0 aliphatic rings. The van der Waals surface area contributed by atoms with Crippen LogP contribution in [0.15, 0.2) is 6.07 Å².